The summed E-state index contributed by atoms with van der Waals surface area (Å²) in [5.74, 6) is 1.43. The molecule has 0 aliphatic rings. The van der Waals surface area contributed by atoms with E-state index in [1.54, 1.807) is 18.9 Å². The van der Waals surface area contributed by atoms with Crippen LogP contribution in [0.15, 0.2) is 42.5 Å². The van der Waals surface area contributed by atoms with Crippen molar-refractivity contribution >= 4 is 16.9 Å². The van der Waals surface area contributed by atoms with E-state index in [1.807, 2.05) is 56.3 Å². The molecular formula is C20H23N3O2. The second-order valence-electron chi connectivity index (χ2n) is 6.42. The number of carbonyl (C=O) groups excluding carboxylic acids is 1. The monoisotopic (exact) mass is 337 g/mol. The van der Waals surface area contributed by atoms with Crippen molar-refractivity contribution in [3.05, 3.63) is 59.4 Å². The summed E-state index contributed by atoms with van der Waals surface area (Å²) in [4.78, 5) is 22.0. The first-order valence-electron chi connectivity index (χ1n) is 8.36. The van der Waals surface area contributed by atoms with Crippen molar-refractivity contribution < 1.29 is 9.53 Å². The summed E-state index contributed by atoms with van der Waals surface area (Å²) < 4.78 is 5.88. The van der Waals surface area contributed by atoms with E-state index in [2.05, 4.69) is 9.97 Å². The smallest absolute Gasteiger partial charge is 0.263 e. The summed E-state index contributed by atoms with van der Waals surface area (Å²) >= 11 is 0. The minimum absolute atomic E-state index is 0.0821. The second kappa shape index (κ2) is 6.97. The molecule has 1 unspecified atom stereocenters. The molecule has 5 nitrogen and oxygen atoms in total. The number of nitrogens with zero attached hydrogens (tertiary/aromatic N) is 2. The van der Waals surface area contributed by atoms with E-state index < -0.39 is 6.10 Å². The van der Waals surface area contributed by atoms with Gasteiger partial charge in [0, 0.05) is 7.05 Å². The largest absolute Gasteiger partial charge is 0.481 e. The van der Waals surface area contributed by atoms with Gasteiger partial charge in [-0.3, -0.25) is 4.79 Å². The molecule has 1 amide bonds. The third kappa shape index (κ3) is 3.82. The van der Waals surface area contributed by atoms with Gasteiger partial charge in [0.25, 0.3) is 5.91 Å². The van der Waals surface area contributed by atoms with E-state index in [0.29, 0.717) is 6.54 Å². The Morgan fingerprint density at radius 2 is 2.00 bits per heavy atom. The van der Waals surface area contributed by atoms with Crippen LogP contribution < -0.4 is 4.74 Å². The maximum Gasteiger partial charge on any atom is 0.263 e. The van der Waals surface area contributed by atoms with Gasteiger partial charge in [-0.15, -0.1) is 0 Å². The number of rotatable bonds is 5. The minimum atomic E-state index is -0.560. The fraction of sp³-hybridized carbons (Fsp3) is 0.300. The number of likely N-dealkylation sites (N-methyl/N-ethyl adjacent to an activating group) is 1. The number of ether oxygens (including phenoxy) is 1. The fourth-order valence-electron chi connectivity index (χ4n) is 2.77. The molecule has 0 saturated carbocycles. The van der Waals surface area contributed by atoms with Gasteiger partial charge in [-0.2, -0.15) is 0 Å². The number of aryl methyl sites for hydroxylation is 2. The maximum absolute atomic E-state index is 12.6. The van der Waals surface area contributed by atoms with E-state index in [-0.39, 0.29) is 5.91 Å². The Kier molecular flexibility index (Phi) is 4.74. The number of para-hydroxylation sites is 2. The molecule has 5 heteroatoms. The summed E-state index contributed by atoms with van der Waals surface area (Å²) in [7, 11) is 1.76. The molecule has 0 aliphatic heterocycles. The summed E-state index contributed by atoms with van der Waals surface area (Å²) in [6.07, 6.45) is -0.560. The van der Waals surface area contributed by atoms with E-state index in [4.69, 9.17) is 4.74 Å². The molecular weight excluding hydrogens is 314 g/mol. The number of benzene rings is 2. The molecule has 2 aromatic carbocycles. The first-order chi connectivity index (χ1) is 11.9. The number of amides is 1. The summed E-state index contributed by atoms with van der Waals surface area (Å²) in [6.45, 7) is 6.17. The van der Waals surface area contributed by atoms with Crippen LogP contribution in [-0.4, -0.2) is 33.9 Å². The predicted molar refractivity (Wildman–Crippen MR) is 98.6 cm³/mol. The van der Waals surface area contributed by atoms with Crippen LogP contribution in [0.1, 0.15) is 23.9 Å². The molecule has 1 heterocycles. The number of hydrogen-bond acceptors (Lipinski definition) is 3. The molecule has 0 fully saturated rings. The lowest BCUT2D eigenvalue weighted by Gasteiger charge is -2.22. The quantitative estimate of drug-likeness (QED) is 0.774. The van der Waals surface area contributed by atoms with E-state index in [1.165, 1.54) is 0 Å². The number of H-pyrrole nitrogens is 1. The zero-order valence-electron chi connectivity index (χ0n) is 15.0. The molecule has 25 heavy (non-hydrogen) atoms. The Morgan fingerprint density at radius 1 is 1.24 bits per heavy atom. The zero-order valence-corrected chi connectivity index (χ0v) is 15.0. The van der Waals surface area contributed by atoms with Crippen LogP contribution in [-0.2, 0) is 11.3 Å². The van der Waals surface area contributed by atoms with Crippen LogP contribution in [0.4, 0.5) is 0 Å². The summed E-state index contributed by atoms with van der Waals surface area (Å²) in [5, 5.41) is 0. The molecule has 0 saturated heterocycles. The number of nitrogens with one attached hydrogen (secondary N) is 1. The van der Waals surface area contributed by atoms with Gasteiger partial charge in [0.1, 0.15) is 11.6 Å². The molecule has 3 aromatic rings. The summed E-state index contributed by atoms with van der Waals surface area (Å²) in [5.41, 5.74) is 4.00. The molecule has 0 bridgehead atoms. The van der Waals surface area contributed by atoms with E-state index >= 15 is 0 Å². The Bertz CT molecular complexity index is 868. The molecule has 0 aliphatic carbocycles. The molecule has 0 radical (unpaired) electrons. The zero-order chi connectivity index (χ0) is 18.0. The van der Waals surface area contributed by atoms with Gasteiger partial charge in [-0.25, -0.2) is 4.98 Å². The van der Waals surface area contributed by atoms with Crippen molar-refractivity contribution in [2.75, 3.05) is 7.05 Å². The van der Waals surface area contributed by atoms with Gasteiger partial charge in [0.05, 0.1) is 17.6 Å². The van der Waals surface area contributed by atoms with Crippen molar-refractivity contribution in [1.29, 1.82) is 0 Å². The number of carbonyl (C=O) groups is 1. The average molecular weight is 337 g/mol. The van der Waals surface area contributed by atoms with Crippen LogP contribution in [0.5, 0.6) is 5.75 Å². The Morgan fingerprint density at radius 3 is 2.76 bits per heavy atom. The SMILES string of the molecule is Cc1ccc(C)c(OC(C)C(=O)N(C)Cc2nc3ccccc3[nH]2)c1. The lowest BCUT2D eigenvalue weighted by Crippen LogP contribution is -2.37. The van der Waals surface area contributed by atoms with Gasteiger partial charge >= 0.3 is 0 Å². The number of aromatic amines is 1. The Labute approximate surface area is 147 Å². The highest BCUT2D eigenvalue weighted by molar-refractivity contribution is 5.81. The maximum atomic E-state index is 12.6. The van der Waals surface area contributed by atoms with Crippen LogP contribution in [0.3, 0.4) is 0 Å². The highest BCUT2D eigenvalue weighted by Crippen LogP contribution is 2.21. The summed E-state index contributed by atoms with van der Waals surface area (Å²) in [6, 6.07) is 13.8. The van der Waals surface area contributed by atoms with Crippen LogP contribution in [0, 0.1) is 13.8 Å². The van der Waals surface area contributed by atoms with Gasteiger partial charge in [0.15, 0.2) is 6.10 Å². The van der Waals surface area contributed by atoms with Crippen molar-refractivity contribution in [1.82, 2.24) is 14.9 Å². The van der Waals surface area contributed by atoms with Gasteiger partial charge in [-0.05, 0) is 50.1 Å². The molecule has 1 aromatic heterocycles. The standard InChI is InChI=1S/C20H23N3O2/c1-13-9-10-14(2)18(11-13)25-15(3)20(24)23(4)12-19-21-16-7-5-6-8-17(16)22-19/h5-11,15H,12H2,1-4H3,(H,21,22). The van der Waals surface area contributed by atoms with Crippen LogP contribution in [0.2, 0.25) is 0 Å². The first-order valence-corrected chi connectivity index (χ1v) is 8.36. The lowest BCUT2D eigenvalue weighted by molar-refractivity contribution is -0.137. The number of imidazole rings is 1. The highest BCUT2D eigenvalue weighted by atomic mass is 16.5. The number of hydrogen-bond donors (Lipinski definition) is 1. The fourth-order valence-corrected chi connectivity index (χ4v) is 2.77. The van der Waals surface area contributed by atoms with Crippen molar-refractivity contribution in [2.24, 2.45) is 0 Å². The molecule has 0 spiro atoms. The molecule has 3 rings (SSSR count). The second-order valence-corrected chi connectivity index (χ2v) is 6.42. The molecule has 130 valence electrons. The van der Waals surface area contributed by atoms with Gasteiger partial charge in [0.2, 0.25) is 0 Å². The normalized spacial score (nSPS) is 12.2. The first kappa shape index (κ1) is 17.0. The third-order valence-electron chi connectivity index (χ3n) is 4.20. The van der Waals surface area contributed by atoms with Crippen LogP contribution in [0.25, 0.3) is 11.0 Å². The van der Waals surface area contributed by atoms with Gasteiger partial charge in [-0.1, -0.05) is 24.3 Å². The van der Waals surface area contributed by atoms with Crippen LogP contribution >= 0.6 is 0 Å². The minimum Gasteiger partial charge on any atom is -0.481 e. The van der Waals surface area contributed by atoms with Crippen molar-refractivity contribution in [2.45, 2.75) is 33.4 Å². The van der Waals surface area contributed by atoms with Gasteiger partial charge < -0.3 is 14.6 Å². The van der Waals surface area contributed by atoms with E-state index in [0.717, 1.165) is 33.7 Å². The molecule has 1 N–H and O–H groups in total. The number of aromatic nitrogens is 2. The third-order valence-corrected chi connectivity index (χ3v) is 4.20. The van der Waals surface area contributed by atoms with Crippen molar-refractivity contribution in [3.63, 3.8) is 0 Å². The lowest BCUT2D eigenvalue weighted by atomic mass is 10.1. The number of fused-ring (bicyclic) bond motifs is 1. The van der Waals surface area contributed by atoms with Crippen molar-refractivity contribution in [3.8, 4) is 5.75 Å². The van der Waals surface area contributed by atoms with E-state index in [9.17, 15) is 4.79 Å². The Balaban J connectivity index is 1.67. The Hall–Kier alpha value is -2.82. The topological polar surface area (TPSA) is 58.2 Å². The average Bonchev–Trinajstić information content (AvgIpc) is 2.99. The molecule has 1 atom stereocenters. The predicted octanol–water partition coefficient (Wildman–Crippen LogP) is 3.61. The highest BCUT2D eigenvalue weighted by Gasteiger charge is 2.21.